The molecule has 40 heavy (non-hydrogen) atoms. The summed E-state index contributed by atoms with van der Waals surface area (Å²) in [6, 6.07) is 5.26. The summed E-state index contributed by atoms with van der Waals surface area (Å²) in [5.74, 6) is 0.807. The Hall–Kier alpha value is -3.41. The van der Waals surface area contributed by atoms with Crippen molar-refractivity contribution in [3.8, 4) is 0 Å². The van der Waals surface area contributed by atoms with Gasteiger partial charge in [0.05, 0.1) is 18.3 Å². The van der Waals surface area contributed by atoms with Crippen LogP contribution in [-0.2, 0) is 21.1 Å². The molecule has 0 saturated carbocycles. The monoisotopic (exact) mass is 562 g/mol. The van der Waals surface area contributed by atoms with E-state index in [2.05, 4.69) is 25.1 Å². The van der Waals surface area contributed by atoms with Gasteiger partial charge in [0.1, 0.15) is 11.4 Å². The molecule has 12 heteroatoms. The molecule has 218 valence electrons. The normalized spacial score (nSPS) is 18.4. The molecule has 0 unspecified atom stereocenters. The number of alkyl carbamates (subject to hydrolysis) is 1. The van der Waals surface area contributed by atoms with E-state index in [-0.39, 0.29) is 19.0 Å². The van der Waals surface area contributed by atoms with Crippen molar-refractivity contribution in [3.05, 3.63) is 54.0 Å². The first kappa shape index (κ1) is 29.6. The van der Waals surface area contributed by atoms with E-state index in [9.17, 15) is 22.8 Å². The predicted octanol–water partition coefficient (Wildman–Crippen LogP) is 3.70. The molecule has 1 aromatic heterocycles. The van der Waals surface area contributed by atoms with E-state index >= 15 is 0 Å². The maximum Gasteiger partial charge on any atom is 0.416 e. The van der Waals surface area contributed by atoms with Crippen LogP contribution in [0.3, 0.4) is 0 Å². The second kappa shape index (κ2) is 12.0. The number of hydrogen-bond acceptors (Lipinski definition) is 7. The number of nitrogens with one attached hydrogen (secondary N) is 1. The third-order valence-electron chi connectivity index (χ3n) is 7.45. The Bertz CT molecular complexity index is 1160. The van der Waals surface area contributed by atoms with Crippen molar-refractivity contribution in [1.82, 2.24) is 25.1 Å². The predicted molar refractivity (Wildman–Crippen MR) is 144 cm³/mol. The molecule has 2 aliphatic rings. The van der Waals surface area contributed by atoms with E-state index < -0.39 is 28.8 Å². The van der Waals surface area contributed by atoms with Crippen molar-refractivity contribution in [2.75, 3.05) is 57.3 Å². The molecule has 0 aliphatic carbocycles. The number of aromatic nitrogens is 2. The number of piperidine rings is 1. The molecular formula is C28H37F3N6O3. The number of alkyl halides is 3. The molecule has 0 radical (unpaired) electrons. The molecule has 2 fully saturated rings. The summed E-state index contributed by atoms with van der Waals surface area (Å²) in [6.07, 6.45) is 0.730. The summed E-state index contributed by atoms with van der Waals surface area (Å²) < 4.78 is 45.9. The second-order valence-electron chi connectivity index (χ2n) is 11.4. The average Bonchev–Trinajstić information content (AvgIpc) is 2.92. The minimum Gasteiger partial charge on any atom is -0.444 e. The van der Waals surface area contributed by atoms with Crippen molar-refractivity contribution < 1.29 is 27.5 Å². The standard InChI is InChI=1S/C28H37F3N6O3/c1-26(2,3)40-25(39)34-20-27(21-5-4-6-22(17-21)28(29,30)31)7-11-37(12-8-27)24(38)19-35-13-15-36(16-14-35)23-18-32-9-10-33-23/h4-6,9-10,17-18H,7-8,11-16,19-20H2,1-3H3,(H,34,39). The summed E-state index contributed by atoms with van der Waals surface area (Å²) in [5.41, 5.74) is -1.72. The van der Waals surface area contributed by atoms with Crippen LogP contribution in [0.5, 0.6) is 0 Å². The quantitative estimate of drug-likeness (QED) is 0.574. The number of benzene rings is 1. The van der Waals surface area contributed by atoms with Crippen molar-refractivity contribution in [1.29, 1.82) is 0 Å². The maximum absolute atomic E-state index is 13.5. The maximum atomic E-state index is 13.5. The Balaban J connectivity index is 1.39. The largest absolute Gasteiger partial charge is 0.444 e. The Morgan fingerprint density at radius 3 is 2.33 bits per heavy atom. The van der Waals surface area contributed by atoms with Crippen LogP contribution < -0.4 is 10.2 Å². The summed E-state index contributed by atoms with van der Waals surface area (Å²) in [5, 5.41) is 2.77. The molecule has 2 amide bonds. The van der Waals surface area contributed by atoms with Crippen LogP contribution in [-0.4, -0.2) is 89.7 Å². The number of hydrogen-bond donors (Lipinski definition) is 1. The molecule has 3 heterocycles. The summed E-state index contributed by atoms with van der Waals surface area (Å²) >= 11 is 0. The third-order valence-corrected chi connectivity index (χ3v) is 7.45. The molecule has 2 saturated heterocycles. The first-order valence-corrected chi connectivity index (χ1v) is 13.5. The van der Waals surface area contributed by atoms with E-state index in [4.69, 9.17) is 4.74 Å². The molecule has 4 rings (SSSR count). The number of nitrogens with zero attached hydrogens (tertiary/aromatic N) is 5. The van der Waals surface area contributed by atoms with Gasteiger partial charge in [-0.2, -0.15) is 13.2 Å². The molecule has 1 N–H and O–H groups in total. The molecular weight excluding hydrogens is 525 g/mol. The van der Waals surface area contributed by atoms with Crippen molar-refractivity contribution in [2.45, 2.75) is 50.8 Å². The summed E-state index contributed by atoms with van der Waals surface area (Å²) in [7, 11) is 0. The minimum atomic E-state index is -4.48. The number of amides is 2. The van der Waals surface area contributed by atoms with E-state index in [1.807, 2.05) is 0 Å². The van der Waals surface area contributed by atoms with Gasteiger partial charge in [0.25, 0.3) is 0 Å². The zero-order valence-corrected chi connectivity index (χ0v) is 23.2. The molecule has 9 nitrogen and oxygen atoms in total. The van der Waals surface area contributed by atoms with Crippen LogP contribution in [0.15, 0.2) is 42.9 Å². The summed E-state index contributed by atoms with van der Waals surface area (Å²) in [6.45, 7) is 9.28. The summed E-state index contributed by atoms with van der Waals surface area (Å²) in [4.78, 5) is 40.1. The highest BCUT2D eigenvalue weighted by atomic mass is 19.4. The van der Waals surface area contributed by atoms with E-state index in [1.54, 1.807) is 50.3 Å². The zero-order chi connectivity index (χ0) is 29.0. The smallest absolute Gasteiger partial charge is 0.416 e. The number of piperazine rings is 1. The van der Waals surface area contributed by atoms with Gasteiger partial charge in [-0.15, -0.1) is 0 Å². The number of anilines is 1. The van der Waals surface area contributed by atoms with Gasteiger partial charge in [0, 0.05) is 63.6 Å². The molecule has 1 aromatic carbocycles. The van der Waals surface area contributed by atoms with Crippen LogP contribution in [0.2, 0.25) is 0 Å². The van der Waals surface area contributed by atoms with Gasteiger partial charge in [-0.1, -0.05) is 18.2 Å². The van der Waals surface area contributed by atoms with Crippen molar-refractivity contribution >= 4 is 17.8 Å². The van der Waals surface area contributed by atoms with Crippen molar-refractivity contribution in [3.63, 3.8) is 0 Å². The van der Waals surface area contributed by atoms with Gasteiger partial charge in [0.2, 0.25) is 5.91 Å². The fourth-order valence-electron chi connectivity index (χ4n) is 5.21. The highest BCUT2D eigenvalue weighted by molar-refractivity contribution is 5.78. The lowest BCUT2D eigenvalue weighted by Crippen LogP contribution is -2.54. The number of rotatable bonds is 6. The number of ether oxygens (including phenoxy) is 1. The van der Waals surface area contributed by atoms with Crippen LogP contribution in [0.4, 0.5) is 23.8 Å². The second-order valence-corrected chi connectivity index (χ2v) is 11.4. The van der Waals surface area contributed by atoms with Gasteiger partial charge in [-0.05, 0) is 45.2 Å². The van der Waals surface area contributed by atoms with Crippen LogP contribution in [0.25, 0.3) is 0 Å². The highest BCUT2D eigenvalue weighted by Gasteiger charge is 2.40. The number of likely N-dealkylation sites (tertiary alicyclic amines) is 1. The van der Waals surface area contributed by atoms with Crippen LogP contribution >= 0.6 is 0 Å². The van der Waals surface area contributed by atoms with E-state index in [0.29, 0.717) is 44.6 Å². The molecule has 0 atom stereocenters. The first-order chi connectivity index (χ1) is 18.8. The Kier molecular flexibility index (Phi) is 8.86. The van der Waals surface area contributed by atoms with E-state index in [1.165, 1.54) is 6.07 Å². The van der Waals surface area contributed by atoms with Crippen molar-refractivity contribution in [2.24, 2.45) is 0 Å². The molecule has 2 aliphatic heterocycles. The van der Waals surface area contributed by atoms with Gasteiger partial charge in [0.15, 0.2) is 0 Å². The fourth-order valence-corrected chi connectivity index (χ4v) is 5.21. The fraction of sp³-hybridized carbons (Fsp3) is 0.571. The highest BCUT2D eigenvalue weighted by Crippen LogP contribution is 2.38. The van der Waals surface area contributed by atoms with Gasteiger partial charge in [-0.3, -0.25) is 14.7 Å². The van der Waals surface area contributed by atoms with E-state index in [0.717, 1.165) is 31.0 Å². The lowest BCUT2D eigenvalue weighted by atomic mass is 9.72. The first-order valence-electron chi connectivity index (χ1n) is 13.5. The molecule has 2 aromatic rings. The SMILES string of the molecule is CC(C)(C)OC(=O)NCC1(c2cccc(C(F)(F)F)c2)CCN(C(=O)CN2CCN(c3cnccn3)CC2)CC1. The number of halogens is 3. The Morgan fingerprint density at radius 1 is 1.02 bits per heavy atom. The topological polar surface area (TPSA) is 90.9 Å². The van der Waals surface area contributed by atoms with Crippen LogP contribution in [0, 0.1) is 0 Å². The Labute approximate surface area is 232 Å². The lowest BCUT2D eigenvalue weighted by molar-refractivity contribution is -0.137. The van der Waals surface area contributed by atoms with Gasteiger partial charge >= 0.3 is 12.3 Å². The number of carbonyl (C=O) groups excluding carboxylic acids is 2. The Morgan fingerprint density at radius 2 is 1.73 bits per heavy atom. The van der Waals surface area contributed by atoms with Gasteiger partial charge < -0.3 is 19.9 Å². The minimum absolute atomic E-state index is 0.00861. The number of carbonyl (C=O) groups is 2. The zero-order valence-electron chi connectivity index (χ0n) is 23.2. The average molecular weight is 563 g/mol. The molecule has 0 bridgehead atoms. The van der Waals surface area contributed by atoms with Crippen LogP contribution in [0.1, 0.15) is 44.7 Å². The molecule has 0 spiro atoms. The third kappa shape index (κ3) is 7.61. The lowest BCUT2D eigenvalue weighted by Gasteiger charge is -2.43. The van der Waals surface area contributed by atoms with Gasteiger partial charge in [-0.25, -0.2) is 9.78 Å².